The molecule has 0 aromatic heterocycles. The van der Waals surface area contributed by atoms with Crippen LogP contribution < -0.4 is 5.32 Å². The monoisotopic (exact) mass is 161 g/mol. The average molecular weight is 161 g/mol. The van der Waals surface area contributed by atoms with Crippen molar-refractivity contribution in [3.05, 3.63) is 0 Å². The van der Waals surface area contributed by atoms with Crippen LogP contribution in [0.4, 0.5) is 4.79 Å². The zero-order valence-corrected chi connectivity index (χ0v) is 6.96. The van der Waals surface area contributed by atoms with E-state index in [4.69, 9.17) is 5.11 Å². The summed E-state index contributed by atoms with van der Waals surface area (Å²) >= 11 is 0. The van der Waals surface area contributed by atoms with E-state index in [1.807, 2.05) is 6.92 Å². The fourth-order valence-corrected chi connectivity index (χ4v) is 0.617. The van der Waals surface area contributed by atoms with Crippen LogP contribution in [-0.2, 0) is 4.74 Å². The van der Waals surface area contributed by atoms with Crippen molar-refractivity contribution < 1.29 is 14.6 Å². The van der Waals surface area contributed by atoms with Crippen LogP contribution in [0.2, 0.25) is 0 Å². The van der Waals surface area contributed by atoms with Gasteiger partial charge in [0.2, 0.25) is 0 Å². The molecule has 0 aromatic rings. The van der Waals surface area contributed by atoms with Crippen LogP contribution >= 0.6 is 0 Å². The summed E-state index contributed by atoms with van der Waals surface area (Å²) in [5.74, 6) is 0. The normalized spacial score (nSPS) is 12.3. The minimum Gasteiger partial charge on any atom is -0.453 e. The number of amides is 1. The number of aliphatic hydroxyl groups excluding tert-OH is 1. The van der Waals surface area contributed by atoms with Crippen LogP contribution in [0.25, 0.3) is 0 Å². The molecule has 0 saturated carbocycles. The minimum absolute atomic E-state index is 0.327. The summed E-state index contributed by atoms with van der Waals surface area (Å²) in [5.41, 5.74) is 0. The van der Waals surface area contributed by atoms with Gasteiger partial charge in [0.05, 0.1) is 13.2 Å². The number of hydrogen-bond donors (Lipinski definition) is 2. The number of carbonyl (C=O) groups excluding carboxylic acids is 1. The molecule has 66 valence electrons. The Morgan fingerprint density at radius 1 is 1.73 bits per heavy atom. The SMILES string of the molecule is CCC(O)CCNC(=O)OC. The van der Waals surface area contributed by atoms with Crippen molar-refractivity contribution in [1.82, 2.24) is 5.32 Å². The van der Waals surface area contributed by atoms with Gasteiger partial charge in [0, 0.05) is 6.54 Å². The van der Waals surface area contributed by atoms with Crippen molar-refractivity contribution in [2.45, 2.75) is 25.9 Å². The second-order valence-electron chi connectivity index (χ2n) is 2.27. The van der Waals surface area contributed by atoms with E-state index in [0.29, 0.717) is 19.4 Å². The summed E-state index contributed by atoms with van der Waals surface area (Å²) in [6.07, 6.45) is 0.509. The van der Waals surface area contributed by atoms with Crippen LogP contribution in [0.5, 0.6) is 0 Å². The molecule has 0 bridgehead atoms. The molecule has 0 aliphatic heterocycles. The Morgan fingerprint density at radius 3 is 2.82 bits per heavy atom. The van der Waals surface area contributed by atoms with Crippen LogP contribution in [0, 0.1) is 0 Å². The Labute approximate surface area is 66.5 Å². The molecule has 0 fully saturated rings. The molecular weight excluding hydrogens is 146 g/mol. The third-order valence-electron chi connectivity index (χ3n) is 1.40. The molecule has 4 heteroatoms. The molecule has 11 heavy (non-hydrogen) atoms. The van der Waals surface area contributed by atoms with Crippen molar-refractivity contribution in [3.63, 3.8) is 0 Å². The van der Waals surface area contributed by atoms with Crippen molar-refractivity contribution in [2.24, 2.45) is 0 Å². The van der Waals surface area contributed by atoms with E-state index in [0.717, 1.165) is 0 Å². The van der Waals surface area contributed by atoms with E-state index in [-0.39, 0.29) is 6.10 Å². The second kappa shape index (κ2) is 5.97. The quantitative estimate of drug-likeness (QED) is 0.631. The Bertz CT molecular complexity index is 116. The van der Waals surface area contributed by atoms with E-state index in [1.54, 1.807) is 0 Å². The van der Waals surface area contributed by atoms with Gasteiger partial charge in [-0.15, -0.1) is 0 Å². The Balaban J connectivity index is 3.20. The van der Waals surface area contributed by atoms with Crippen LogP contribution in [-0.4, -0.2) is 31.0 Å². The molecular formula is C7H15NO3. The van der Waals surface area contributed by atoms with Gasteiger partial charge in [0.15, 0.2) is 0 Å². The van der Waals surface area contributed by atoms with E-state index in [2.05, 4.69) is 10.1 Å². The standard InChI is InChI=1S/C7H15NO3/c1-3-6(9)4-5-8-7(10)11-2/h6,9H,3-5H2,1-2H3,(H,8,10). The highest BCUT2D eigenvalue weighted by atomic mass is 16.5. The number of alkyl carbamates (subject to hydrolysis) is 1. The minimum atomic E-state index is -0.451. The molecule has 0 spiro atoms. The lowest BCUT2D eigenvalue weighted by atomic mass is 10.2. The first kappa shape index (κ1) is 10.2. The molecule has 1 amide bonds. The maximum atomic E-state index is 10.5. The molecule has 0 aliphatic rings. The zero-order chi connectivity index (χ0) is 8.69. The number of hydrogen-bond acceptors (Lipinski definition) is 3. The number of ether oxygens (including phenoxy) is 1. The van der Waals surface area contributed by atoms with Crippen molar-refractivity contribution >= 4 is 6.09 Å². The van der Waals surface area contributed by atoms with Crippen molar-refractivity contribution in [3.8, 4) is 0 Å². The Hall–Kier alpha value is -0.770. The lowest BCUT2D eigenvalue weighted by molar-refractivity contribution is 0.151. The number of rotatable bonds is 4. The molecule has 0 rings (SSSR count). The van der Waals surface area contributed by atoms with Gasteiger partial charge >= 0.3 is 6.09 Å². The van der Waals surface area contributed by atoms with Crippen LogP contribution in [0.3, 0.4) is 0 Å². The summed E-state index contributed by atoms with van der Waals surface area (Å²) in [7, 11) is 1.31. The maximum absolute atomic E-state index is 10.5. The van der Waals surface area contributed by atoms with Crippen molar-refractivity contribution in [2.75, 3.05) is 13.7 Å². The first-order valence-electron chi connectivity index (χ1n) is 3.70. The fraction of sp³-hybridized carbons (Fsp3) is 0.857. The van der Waals surface area contributed by atoms with E-state index in [9.17, 15) is 4.79 Å². The third-order valence-corrected chi connectivity index (χ3v) is 1.40. The van der Waals surface area contributed by atoms with Crippen LogP contribution in [0.15, 0.2) is 0 Å². The van der Waals surface area contributed by atoms with Gasteiger partial charge in [0.1, 0.15) is 0 Å². The van der Waals surface area contributed by atoms with Gasteiger partial charge in [-0.2, -0.15) is 0 Å². The van der Waals surface area contributed by atoms with E-state index < -0.39 is 6.09 Å². The van der Waals surface area contributed by atoms with Crippen molar-refractivity contribution in [1.29, 1.82) is 0 Å². The predicted molar refractivity (Wildman–Crippen MR) is 41.3 cm³/mol. The molecule has 1 atom stereocenters. The second-order valence-corrected chi connectivity index (χ2v) is 2.27. The molecule has 0 heterocycles. The smallest absolute Gasteiger partial charge is 0.406 e. The topological polar surface area (TPSA) is 58.6 Å². The van der Waals surface area contributed by atoms with E-state index in [1.165, 1.54) is 7.11 Å². The summed E-state index contributed by atoms with van der Waals surface area (Å²) in [6, 6.07) is 0. The number of aliphatic hydroxyl groups is 1. The molecule has 0 aromatic carbocycles. The molecule has 4 nitrogen and oxygen atoms in total. The molecule has 1 unspecified atom stereocenters. The lowest BCUT2D eigenvalue weighted by Gasteiger charge is -2.07. The summed E-state index contributed by atoms with van der Waals surface area (Å²) in [4.78, 5) is 10.5. The lowest BCUT2D eigenvalue weighted by Crippen LogP contribution is -2.26. The van der Waals surface area contributed by atoms with Gasteiger partial charge in [-0.3, -0.25) is 0 Å². The summed E-state index contributed by atoms with van der Waals surface area (Å²) < 4.78 is 4.33. The van der Waals surface area contributed by atoms with Gasteiger partial charge in [-0.1, -0.05) is 6.92 Å². The zero-order valence-electron chi connectivity index (χ0n) is 6.96. The number of methoxy groups -OCH3 is 1. The molecule has 2 N–H and O–H groups in total. The fourth-order valence-electron chi connectivity index (χ4n) is 0.617. The van der Waals surface area contributed by atoms with Gasteiger partial charge in [-0.05, 0) is 12.8 Å². The number of nitrogens with one attached hydrogen (secondary N) is 1. The maximum Gasteiger partial charge on any atom is 0.406 e. The third kappa shape index (κ3) is 5.66. The largest absolute Gasteiger partial charge is 0.453 e. The predicted octanol–water partition coefficient (Wildman–Crippen LogP) is 0.503. The summed E-state index contributed by atoms with van der Waals surface area (Å²) in [6.45, 7) is 2.35. The van der Waals surface area contributed by atoms with E-state index >= 15 is 0 Å². The number of carbonyl (C=O) groups is 1. The molecule has 0 aliphatic carbocycles. The Kier molecular flexibility index (Phi) is 5.56. The first-order chi connectivity index (χ1) is 5.20. The summed E-state index contributed by atoms with van der Waals surface area (Å²) in [5, 5.41) is 11.5. The van der Waals surface area contributed by atoms with Gasteiger partial charge < -0.3 is 15.2 Å². The molecule has 0 saturated heterocycles. The Morgan fingerprint density at radius 2 is 2.36 bits per heavy atom. The highest BCUT2D eigenvalue weighted by Crippen LogP contribution is 1.93. The molecule has 0 radical (unpaired) electrons. The highest BCUT2D eigenvalue weighted by Gasteiger charge is 2.01. The van der Waals surface area contributed by atoms with Gasteiger partial charge in [0.25, 0.3) is 0 Å². The highest BCUT2D eigenvalue weighted by molar-refractivity contribution is 5.66. The van der Waals surface area contributed by atoms with Gasteiger partial charge in [-0.25, -0.2) is 4.79 Å². The first-order valence-corrected chi connectivity index (χ1v) is 3.70. The average Bonchev–Trinajstić information content (AvgIpc) is 2.04. The van der Waals surface area contributed by atoms with Crippen LogP contribution in [0.1, 0.15) is 19.8 Å².